The first-order valence-electron chi connectivity index (χ1n) is 4.83. The number of fused-ring (bicyclic) bond motifs is 1. The molecule has 1 aliphatic carbocycles. The first-order chi connectivity index (χ1) is 6.29. The van der Waals surface area contributed by atoms with Gasteiger partial charge >= 0.3 is 0 Å². The molecule has 14 heavy (non-hydrogen) atoms. The maximum atomic E-state index is 5.91. The quantitative estimate of drug-likeness (QED) is 0.757. The molecule has 1 aromatic carbocycles. The number of hydrogen-bond acceptors (Lipinski definition) is 1. The van der Waals surface area contributed by atoms with Crippen LogP contribution in [0.3, 0.4) is 0 Å². The largest absolute Gasteiger partial charge is 0.324 e. The van der Waals surface area contributed by atoms with E-state index < -0.39 is 0 Å². The SMILES string of the molecule is CC(N)C1=CCCc2ccccc21.Cl. The maximum Gasteiger partial charge on any atom is 0.0268 e. The van der Waals surface area contributed by atoms with Gasteiger partial charge in [0.2, 0.25) is 0 Å². The molecule has 1 aromatic rings. The molecule has 2 N–H and O–H groups in total. The highest BCUT2D eigenvalue weighted by Crippen LogP contribution is 2.27. The van der Waals surface area contributed by atoms with E-state index in [1.54, 1.807) is 0 Å². The molecule has 1 atom stereocenters. The van der Waals surface area contributed by atoms with Crippen LogP contribution in [0.4, 0.5) is 0 Å². The molecule has 0 aliphatic heterocycles. The Bertz CT molecular complexity index is 342. The Kier molecular flexibility index (Phi) is 3.73. The number of aryl methyl sites for hydroxylation is 1. The van der Waals surface area contributed by atoms with Crippen LogP contribution in [0.1, 0.15) is 24.5 Å². The van der Waals surface area contributed by atoms with Crippen molar-refractivity contribution in [1.82, 2.24) is 0 Å². The van der Waals surface area contributed by atoms with Crippen molar-refractivity contribution in [3.05, 3.63) is 41.5 Å². The Morgan fingerprint density at radius 2 is 2.00 bits per heavy atom. The first kappa shape index (κ1) is 11.3. The van der Waals surface area contributed by atoms with Crippen molar-refractivity contribution in [3.63, 3.8) is 0 Å². The fourth-order valence-electron chi connectivity index (χ4n) is 1.94. The molecular formula is C12H16ClN. The number of rotatable bonds is 1. The summed E-state index contributed by atoms with van der Waals surface area (Å²) in [5.41, 5.74) is 10.0. The first-order valence-corrected chi connectivity index (χ1v) is 4.83. The third-order valence-corrected chi connectivity index (χ3v) is 2.60. The van der Waals surface area contributed by atoms with E-state index in [2.05, 4.69) is 30.3 Å². The third kappa shape index (κ3) is 1.99. The Hall–Kier alpha value is -0.790. The molecule has 1 unspecified atom stereocenters. The standard InChI is InChI=1S/C12H15N.ClH/c1-9(13)11-8-4-6-10-5-2-3-7-12(10)11;/h2-3,5,7-9H,4,6,13H2,1H3;1H. The Morgan fingerprint density at radius 1 is 1.29 bits per heavy atom. The average molecular weight is 210 g/mol. The van der Waals surface area contributed by atoms with Crippen molar-refractivity contribution in [2.24, 2.45) is 5.73 Å². The summed E-state index contributed by atoms with van der Waals surface area (Å²) in [5.74, 6) is 0. The zero-order chi connectivity index (χ0) is 9.26. The molecule has 0 saturated carbocycles. The van der Waals surface area contributed by atoms with E-state index in [-0.39, 0.29) is 18.4 Å². The fraction of sp³-hybridized carbons (Fsp3) is 0.333. The molecule has 2 heteroatoms. The van der Waals surface area contributed by atoms with E-state index >= 15 is 0 Å². The normalized spacial score (nSPS) is 16.3. The van der Waals surface area contributed by atoms with Crippen molar-refractivity contribution in [2.75, 3.05) is 0 Å². The maximum absolute atomic E-state index is 5.91. The molecule has 0 aromatic heterocycles. The second-order valence-electron chi connectivity index (χ2n) is 3.64. The van der Waals surface area contributed by atoms with E-state index in [0.29, 0.717) is 0 Å². The molecule has 1 aliphatic rings. The van der Waals surface area contributed by atoms with Crippen molar-refractivity contribution in [2.45, 2.75) is 25.8 Å². The van der Waals surface area contributed by atoms with Crippen LogP contribution in [0.2, 0.25) is 0 Å². The molecule has 0 radical (unpaired) electrons. The molecule has 0 spiro atoms. The van der Waals surface area contributed by atoms with Crippen LogP contribution in [-0.2, 0) is 6.42 Å². The lowest BCUT2D eigenvalue weighted by Crippen LogP contribution is -2.19. The van der Waals surface area contributed by atoms with Gasteiger partial charge in [-0.3, -0.25) is 0 Å². The molecule has 76 valence electrons. The number of nitrogens with two attached hydrogens (primary N) is 1. The Labute approximate surface area is 91.4 Å². The van der Waals surface area contributed by atoms with Gasteiger partial charge in [-0.25, -0.2) is 0 Å². The zero-order valence-corrected chi connectivity index (χ0v) is 9.18. The molecule has 0 bridgehead atoms. The summed E-state index contributed by atoms with van der Waals surface area (Å²) in [4.78, 5) is 0. The molecule has 0 fully saturated rings. The lowest BCUT2D eigenvalue weighted by Gasteiger charge is -2.20. The summed E-state index contributed by atoms with van der Waals surface area (Å²) >= 11 is 0. The van der Waals surface area contributed by atoms with Gasteiger partial charge in [0.15, 0.2) is 0 Å². The summed E-state index contributed by atoms with van der Waals surface area (Å²) < 4.78 is 0. The van der Waals surface area contributed by atoms with Crippen LogP contribution in [0.25, 0.3) is 5.57 Å². The monoisotopic (exact) mass is 209 g/mol. The molecule has 0 heterocycles. The van der Waals surface area contributed by atoms with Crippen molar-refractivity contribution < 1.29 is 0 Å². The van der Waals surface area contributed by atoms with E-state index in [1.807, 2.05) is 6.92 Å². The van der Waals surface area contributed by atoms with Gasteiger partial charge < -0.3 is 5.73 Å². The minimum atomic E-state index is 0. The predicted molar refractivity (Wildman–Crippen MR) is 63.6 cm³/mol. The molecule has 2 rings (SSSR count). The van der Waals surface area contributed by atoms with Crippen LogP contribution in [0.5, 0.6) is 0 Å². The average Bonchev–Trinajstić information content (AvgIpc) is 2.17. The van der Waals surface area contributed by atoms with Crippen LogP contribution in [0.15, 0.2) is 30.3 Å². The third-order valence-electron chi connectivity index (χ3n) is 2.60. The van der Waals surface area contributed by atoms with Crippen LogP contribution < -0.4 is 5.73 Å². The summed E-state index contributed by atoms with van der Waals surface area (Å²) in [5, 5.41) is 0. The predicted octanol–water partition coefficient (Wildman–Crippen LogP) is 2.79. The van der Waals surface area contributed by atoms with Gasteiger partial charge in [0.25, 0.3) is 0 Å². The van der Waals surface area contributed by atoms with Crippen LogP contribution >= 0.6 is 12.4 Å². The van der Waals surface area contributed by atoms with Gasteiger partial charge in [-0.15, -0.1) is 12.4 Å². The highest BCUT2D eigenvalue weighted by atomic mass is 35.5. The summed E-state index contributed by atoms with van der Waals surface area (Å²) in [6.07, 6.45) is 4.56. The second-order valence-corrected chi connectivity index (χ2v) is 3.64. The summed E-state index contributed by atoms with van der Waals surface area (Å²) in [6.45, 7) is 2.05. The van der Waals surface area contributed by atoms with E-state index in [1.165, 1.54) is 16.7 Å². The molecular weight excluding hydrogens is 194 g/mol. The van der Waals surface area contributed by atoms with Crippen LogP contribution in [0, 0.1) is 0 Å². The van der Waals surface area contributed by atoms with Gasteiger partial charge in [-0.05, 0) is 36.5 Å². The smallest absolute Gasteiger partial charge is 0.0268 e. The van der Waals surface area contributed by atoms with Crippen molar-refractivity contribution >= 4 is 18.0 Å². The Balaban J connectivity index is 0.000000980. The van der Waals surface area contributed by atoms with E-state index in [0.717, 1.165) is 12.8 Å². The fourth-order valence-corrected chi connectivity index (χ4v) is 1.94. The summed E-state index contributed by atoms with van der Waals surface area (Å²) in [7, 11) is 0. The van der Waals surface area contributed by atoms with Crippen molar-refractivity contribution in [3.8, 4) is 0 Å². The Morgan fingerprint density at radius 3 is 2.71 bits per heavy atom. The molecule has 0 amide bonds. The molecule has 1 nitrogen and oxygen atoms in total. The van der Waals surface area contributed by atoms with Gasteiger partial charge in [-0.1, -0.05) is 30.3 Å². The van der Waals surface area contributed by atoms with E-state index in [9.17, 15) is 0 Å². The van der Waals surface area contributed by atoms with Crippen LogP contribution in [-0.4, -0.2) is 6.04 Å². The second kappa shape index (κ2) is 4.63. The van der Waals surface area contributed by atoms with Gasteiger partial charge in [0.05, 0.1) is 0 Å². The number of halogens is 1. The summed E-state index contributed by atoms with van der Waals surface area (Å²) in [6, 6.07) is 8.71. The van der Waals surface area contributed by atoms with Gasteiger partial charge in [0, 0.05) is 6.04 Å². The lowest BCUT2D eigenvalue weighted by molar-refractivity contribution is 0.897. The number of hydrogen-bond donors (Lipinski definition) is 1. The minimum absolute atomic E-state index is 0. The van der Waals surface area contributed by atoms with Crippen molar-refractivity contribution in [1.29, 1.82) is 0 Å². The lowest BCUT2D eigenvalue weighted by atomic mass is 9.88. The highest BCUT2D eigenvalue weighted by molar-refractivity contribution is 5.85. The minimum Gasteiger partial charge on any atom is -0.324 e. The topological polar surface area (TPSA) is 26.0 Å². The highest BCUT2D eigenvalue weighted by Gasteiger charge is 2.13. The van der Waals surface area contributed by atoms with E-state index in [4.69, 9.17) is 5.73 Å². The van der Waals surface area contributed by atoms with Gasteiger partial charge in [-0.2, -0.15) is 0 Å². The zero-order valence-electron chi connectivity index (χ0n) is 8.36. The van der Waals surface area contributed by atoms with Gasteiger partial charge in [0.1, 0.15) is 0 Å². The number of benzene rings is 1. The molecule has 0 saturated heterocycles. The number of allylic oxidation sites excluding steroid dienone is 1.